The van der Waals surface area contributed by atoms with Gasteiger partial charge in [-0.05, 0) is 30.5 Å². The molecule has 0 radical (unpaired) electrons. The summed E-state index contributed by atoms with van der Waals surface area (Å²) in [4.78, 5) is 31.1. The number of methoxy groups -OCH3 is 1. The van der Waals surface area contributed by atoms with E-state index in [4.69, 9.17) is 29.9 Å². The number of rotatable bonds is 5. The first-order chi connectivity index (χ1) is 12.5. The van der Waals surface area contributed by atoms with Gasteiger partial charge in [0.2, 0.25) is 0 Å². The number of carbonyl (C=O) groups is 2. The van der Waals surface area contributed by atoms with Crippen molar-refractivity contribution < 1.29 is 42.1 Å². The van der Waals surface area contributed by atoms with Gasteiger partial charge in [-0.1, -0.05) is 0 Å². The van der Waals surface area contributed by atoms with Gasteiger partial charge in [0.1, 0.15) is 17.4 Å². The predicted octanol–water partition coefficient (Wildman–Crippen LogP) is 1.78. The molecule has 8 nitrogen and oxygen atoms in total. The molecule has 1 aromatic carbocycles. The van der Waals surface area contributed by atoms with Gasteiger partial charge in [0.05, 0.1) is 7.11 Å². The monoisotopic (exact) mass is 391 g/mol. The fourth-order valence-corrected chi connectivity index (χ4v) is 1.98. The van der Waals surface area contributed by atoms with E-state index < -0.39 is 29.8 Å². The fourth-order valence-electron chi connectivity index (χ4n) is 1.98. The van der Waals surface area contributed by atoms with Crippen LogP contribution in [-0.2, 0) is 16.0 Å². The lowest BCUT2D eigenvalue weighted by atomic mass is 10.0. The van der Waals surface area contributed by atoms with Crippen molar-refractivity contribution in [3.05, 3.63) is 40.2 Å². The molecule has 0 bridgehead atoms. The number of nitrogens with two attached hydrogens (primary N) is 1. The lowest BCUT2D eigenvalue weighted by Gasteiger charge is -2.09. The average molecular weight is 391 g/mol. The first-order valence-corrected chi connectivity index (χ1v) is 7.35. The van der Waals surface area contributed by atoms with Crippen LogP contribution in [0.1, 0.15) is 12.0 Å². The Hall–Kier alpha value is -3.08. The van der Waals surface area contributed by atoms with Crippen molar-refractivity contribution in [2.24, 2.45) is 5.73 Å². The molecule has 0 fully saturated rings. The van der Waals surface area contributed by atoms with E-state index >= 15 is 0 Å². The van der Waals surface area contributed by atoms with Crippen molar-refractivity contribution >= 4 is 22.9 Å². The van der Waals surface area contributed by atoms with Crippen LogP contribution in [0.25, 0.3) is 11.0 Å². The Morgan fingerprint density at radius 1 is 1.26 bits per heavy atom. The number of aliphatic carboxylic acids is 2. The molecule has 0 unspecified atom stereocenters. The molecule has 0 amide bonds. The Balaban J connectivity index is 0.000000445. The molecule has 2 aromatic rings. The van der Waals surface area contributed by atoms with Gasteiger partial charge >= 0.3 is 23.7 Å². The number of benzene rings is 1. The van der Waals surface area contributed by atoms with Crippen molar-refractivity contribution in [2.45, 2.75) is 25.1 Å². The summed E-state index contributed by atoms with van der Waals surface area (Å²) in [6.45, 7) is 0. The maximum atomic E-state index is 11.5. The standard InChI is InChI=1S/C14H15NO5.C2HF3O2/c1-19-9-3-4-10-8(2-5-11(15)14(17)18)6-13(16)20-12(10)7-9;3-2(4,5)1(6)7/h3-4,6-7,11H,2,5,15H2,1H3,(H,17,18);(H,6,7)/t11-;/m0./s1. The lowest BCUT2D eigenvalue weighted by Crippen LogP contribution is -2.30. The highest BCUT2D eigenvalue weighted by Gasteiger charge is 2.38. The zero-order valence-corrected chi connectivity index (χ0v) is 13.9. The lowest BCUT2D eigenvalue weighted by molar-refractivity contribution is -0.192. The fraction of sp³-hybridized carbons (Fsp3) is 0.312. The van der Waals surface area contributed by atoms with Crippen LogP contribution in [0.4, 0.5) is 13.2 Å². The highest BCUT2D eigenvalue weighted by atomic mass is 19.4. The van der Waals surface area contributed by atoms with Crippen LogP contribution >= 0.6 is 0 Å². The van der Waals surface area contributed by atoms with Gasteiger partial charge in [0, 0.05) is 17.5 Å². The van der Waals surface area contributed by atoms with Gasteiger partial charge in [0.25, 0.3) is 0 Å². The number of halogens is 3. The molecule has 1 atom stereocenters. The van der Waals surface area contributed by atoms with E-state index in [2.05, 4.69) is 0 Å². The summed E-state index contributed by atoms with van der Waals surface area (Å²) in [5, 5.41) is 16.7. The molecule has 0 saturated heterocycles. The maximum absolute atomic E-state index is 11.5. The Morgan fingerprint density at radius 3 is 2.33 bits per heavy atom. The zero-order chi connectivity index (χ0) is 20.8. The van der Waals surface area contributed by atoms with E-state index in [1.807, 2.05) is 0 Å². The predicted molar refractivity (Wildman–Crippen MR) is 86.7 cm³/mol. The third-order valence-electron chi connectivity index (χ3n) is 3.32. The second-order valence-electron chi connectivity index (χ2n) is 5.24. The minimum Gasteiger partial charge on any atom is -0.497 e. The number of fused-ring (bicyclic) bond motifs is 1. The normalized spacial score (nSPS) is 12.0. The number of carboxylic acids is 2. The quantitative estimate of drug-likeness (QED) is 0.655. The minimum absolute atomic E-state index is 0.250. The molecule has 2 rings (SSSR count). The van der Waals surface area contributed by atoms with Gasteiger partial charge < -0.3 is 25.1 Å². The zero-order valence-electron chi connectivity index (χ0n) is 13.9. The van der Waals surface area contributed by atoms with Crippen LogP contribution < -0.4 is 16.1 Å². The summed E-state index contributed by atoms with van der Waals surface area (Å²) in [5.41, 5.74) is 6.12. The topological polar surface area (TPSA) is 140 Å². The van der Waals surface area contributed by atoms with Crippen LogP contribution in [0, 0.1) is 0 Å². The minimum atomic E-state index is -5.08. The largest absolute Gasteiger partial charge is 0.497 e. The number of aryl methyl sites for hydroxylation is 1. The maximum Gasteiger partial charge on any atom is 0.490 e. The molecule has 1 heterocycles. The molecule has 148 valence electrons. The van der Waals surface area contributed by atoms with Gasteiger partial charge in [-0.3, -0.25) is 4.79 Å². The molecule has 11 heteroatoms. The van der Waals surface area contributed by atoms with Crippen LogP contribution in [0.5, 0.6) is 5.75 Å². The van der Waals surface area contributed by atoms with Crippen molar-refractivity contribution in [3.8, 4) is 5.75 Å². The number of alkyl halides is 3. The molecule has 0 aliphatic heterocycles. The van der Waals surface area contributed by atoms with Crippen molar-refractivity contribution in [1.29, 1.82) is 0 Å². The molecule has 1 aromatic heterocycles. The molecule has 27 heavy (non-hydrogen) atoms. The Kier molecular flexibility index (Phi) is 7.35. The summed E-state index contributed by atoms with van der Waals surface area (Å²) < 4.78 is 41.9. The van der Waals surface area contributed by atoms with E-state index in [0.717, 1.165) is 10.9 Å². The van der Waals surface area contributed by atoms with Crippen molar-refractivity contribution in [2.75, 3.05) is 7.11 Å². The highest BCUT2D eigenvalue weighted by Crippen LogP contribution is 2.23. The molecule has 0 saturated carbocycles. The third kappa shape index (κ3) is 6.62. The molecule has 0 aliphatic rings. The van der Waals surface area contributed by atoms with Gasteiger partial charge in [-0.25, -0.2) is 9.59 Å². The second kappa shape index (κ2) is 9.03. The Morgan fingerprint density at radius 2 is 1.85 bits per heavy atom. The number of hydrogen-bond donors (Lipinski definition) is 3. The van der Waals surface area contributed by atoms with Gasteiger partial charge in [-0.2, -0.15) is 13.2 Å². The third-order valence-corrected chi connectivity index (χ3v) is 3.32. The van der Waals surface area contributed by atoms with Crippen LogP contribution in [0.15, 0.2) is 33.5 Å². The summed E-state index contributed by atoms with van der Waals surface area (Å²) in [6, 6.07) is 5.57. The van der Waals surface area contributed by atoms with E-state index in [0.29, 0.717) is 17.8 Å². The summed E-state index contributed by atoms with van der Waals surface area (Å²) in [5.74, 6) is -3.23. The first kappa shape index (κ1) is 22.0. The second-order valence-corrected chi connectivity index (χ2v) is 5.24. The van der Waals surface area contributed by atoms with E-state index in [1.54, 1.807) is 18.2 Å². The van der Waals surface area contributed by atoms with E-state index in [9.17, 15) is 22.8 Å². The number of hydrogen-bond acceptors (Lipinski definition) is 6. The molecular formula is C16H16F3NO7. The summed E-state index contributed by atoms with van der Waals surface area (Å²) >= 11 is 0. The molecular weight excluding hydrogens is 375 g/mol. The first-order valence-electron chi connectivity index (χ1n) is 7.35. The SMILES string of the molecule is COc1ccc2c(CC[C@H](N)C(=O)O)cc(=O)oc2c1.O=C(O)C(F)(F)F. The molecule has 0 spiro atoms. The van der Waals surface area contributed by atoms with Crippen LogP contribution in [0.3, 0.4) is 0 Å². The van der Waals surface area contributed by atoms with Crippen LogP contribution in [-0.4, -0.2) is 41.5 Å². The van der Waals surface area contributed by atoms with Gasteiger partial charge in [0.15, 0.2) is 0 Å². The smallest absolute Gasteiger partial charge is 0.490 e. The Bertz CT molecular complexity index is 876. The van der Waals surface area contributed by atoms with Crippen molar-refractivity contribution in [3.63, 3.8) is 0 Å². The van der Waals surface area contributed by atoms with Crippen LogP contribution in [0.2, 0.25) is 0 Å². The molecule has 4 N–H and O–H groups in total. The molecule has 0 aliphatic carbocycles. The number of ether oxygens (including phenoxy) is 1. The van der Waals surface area contributed by atoms with Gasteiger partial charge in [-0.15, -0.1) is 0 Å². The summed E-state index contributed by atoms with van der Waals surface area (Å²) in [7, 11) is 1.52. The number of carboxylic acid groups (broad SMARTS) is 2. The average Bonchev–Trinajstić information content (AvgIpc) is 2.58. The van der Waals surface area contributed by atoms with Crippen molar-refractivity contribution in [1.82, 2.24) is 0 Å². The van der Waals surface area contributed by atoms with E-state index in [-0.39, 0.29) is 6.42 Å². The Labute approximate surface area is 150 Å². The highest BCUT2D eigenvalue weighted by molar-refractivity contribution is 5.81. The van der Waals surface area contributed by atoms with E-state index in [1.165, 1.54) is 13.2 Å². The summed E-state index contributed by atoms with van der Waals surface area (Å²) in [6.07, 6.45) is -4.44.